The van der Waals surface area contributed by atoms with Crippen molar-refractivity contribution >= 4 is 11.8 Å². The molecule has 0 atom stereocenters. The molecule has 0 heterocycles. The first-order valence-corrected chi connectivity index (χ1v) is 4.16. The predicted octanol–water partition coefficient (Wildman–Crippen LogP) is 2.39. The second-order valence-corrected chi connectivity index (χ2v) is 3.29. The molecule has 0 fully saturated rings. The Hall–Kier alpha value is -1.28. The molecule has 0 aromatic heterocycles. The third kappa shape index (κ3) is 3.34. The van der Waals surface area contributed by atoms with Gasteiger partial charge in [0, 0.05) is 6.92 Å². The van der Waals surface area contributed by atoms with Crippen molar-refractivity contribution in [3.63, 3.8) is 0 Å². The molecule has 0 aliphatic carbocycles. The van der Waals surface area contributed by atoms with Crippen molar-refractivity contribution in [1.29, 1.82) is 0 Å². The lowest BCUT2D eigenvalue weighted by molar-refractivity contribution is -0.368. The maximum atomic E-state index is 12.4. The molecular formula is C8H8F6O3. The van der Waals surface area contributed by atoms with E-state index in [1.165, 1.54) is 0 Å². The maximum Gasteiger partial charge on any atom is 0.438 e. The number of rotatable bonds is 3. The van der Waals surface area contributed by atoms with Crippen LogP contribution in [0.4, 0.5) is 26.3 Å². The second kappa shape index (κ2) is 4.53. The van der Waals surface area contributed by atoms with E-state index < -0.39 is 36.1 Å². The highest BCUT2D eigenvalue weighted by atomic mass is 19.4. The van der Waals surface area contributed by atoms with E-state index in [0.29, 0.717) is 13.8 Å². The van der Waals surface area contributed by atoms with Crippen LogP contribution in [0, 0.1) is 0 Å². The maximum absolute atomic E-state index is 12.4. The topological polar surface area (TPSA) is 43.4 Å². The number of ether oxygens (including phenoxy) is 1. The molecule has 0 aromatic rings. The summed E-state index contributed by atoms with van der Waals surface area (Å²) in [5.74, 6) is -3.18. The smallest absolute Gasteiger partial charge is 0.438 e. The molecule has 0 aliphatic heterocycles. The first kappa shape index (κ1) is 15.7. The van der Waals surface area contributed by atoms with Crippen molar-refractivity contribution in [3.05, 3.63) is 0 Å². The zero-order chi connectivity index (χ0) is 14.1. The number of hydrogen-bond donors (Lipinski definition) is 0. The molecule has 3 nitrogen and oxygen atoms in total. The van der Waals surface area contributed by atoms with Gasteiger partial charge in [-0.3, -0.25) is 9.59 Å². The van der Waals surface area contributed by atoms with Crippen LogP contribution in [0.25, 0.3) is 0 Å². The first-order chi connectivity index (χ1) is 7.33. The average Bonchev–Trinajstić information content (AvgIpc) is 1.96. The van der Waals surface area contributed by atoms with Gasteiger partial charge in [-0.15, -0.1) is 0 Å². The third-order valence-corrected chi connectivity index (χ3v) is 1.73. The SMILES string of the molecule is CC(=O)CC(OC(C)=O)(C(F)(F)F)C(F)(F)F. The van der Waals surface area contributed by atoms with Crippen molar-refractivity contribution in [2.75, 3.05) is 0 Å². The van der Waals surface area contributed by atoms with Gasteiger partial charge in [0.2, 0.25) is 0 Å². The molecule has 0 unspecified atom stereocenters. The number of esters is 1. The quantitative estimate of drug-likeness (QED) is 0.582. The lowest BCUT2D eigenvalue weighted by atomic mass is 9.95. The van der Waals surface area contributed by atoms with Gasteiger partial charge in [-0.25, -0.2) is 0 Å². The molecule has 9 heteroatoms. The summed E-state index contributed by atoms with van der Waals surface area (Å²) in [6.45, 7) is 0.933. The molecule has 0 radical (unpaired) electrons. The van der Waals surface area contributed by atoms with E-state index >= 15 is 0 Å². The van der Waals surface area contributed by atoms with E-state index in [2.05, 4.69) is 4.74 Å². The molecule has 0 saturated carbocycles. The molecule has 0 N–H and O–H groups in total. The van der Waals surface area contributed by atoms with Crippen LogP contribution in [0.5, 0.6) is 0 Å². The number of ketones is 1. The zero-order valence-electron chi connectivity index (χ0n) is 8.70. The normalized spacial score (nSPS) is 13.4. The molecule has 0 aliphatic rings. The number of Topliss-reactive ketones (excluding diaryl/α,β-unsaturated/α-hetero) is 1. The average molecular weight is 266 g/mol. The number of halogens is 6. The Kier molecular flexibility index (Phi) is 4.19. The van der Waals surface area contributed by atoms with Crippen LogP contribution < -0.4 is 0 Å². The van der Waals surface area contributed by atoms with Gasteiger partial charge in [-0.1, -0.05) is 0 Å². The molecule has 17 heavy (non-hydrogen) atoms. The highest BCUT2D eigenvalue weighted by Crippen LogP contribution is 2.48. The number of hydrogen-bond acceptors (Lipinski definition) is 3. The molecule has 0 amide bonds. The van der Waals surface area contributed by atoms with E-state index in [4.69, 9.17) is 0 Å². The van der Waals surface area contributed by atoms with Gasteiger partial charge in [0.15, 0.2) is 0 Å². The van der Waals surface area contributed by atoms with E-state index in [1.807, 2.05) is 0 Å². The second-order valence-electron chi connectivity index (χ2n) is 3.29. The van der Waals surface area contributed by atoms with Gasteiger partial charge in [0.1, 0.15) is 5.78 Å². The third-order valence-electron chi connectivity index (χ3n) is 1.73. The summed E-state index contributed by atoms with van der Waals surface area (Å²) in [5, 5.41) is 0. The largest absolute Gasteiger partial charge is 0.439 e. The predicted molar refractivity (Wildman–Crippen MR) is 41.9 cm³/mol. The van der Waals surface area contributed by atoms with Crippen LogP contribution in [-0.2, 0) is 14.3 Å². The van der Waals surface area contributed by atoms with Gasteiger partial charge >= 0.3 is 23.9 Å². The monoisotopic (exact) mass is 266 g/mol. The molecular weight excluding hydrogens is 258 g/mol. The summed E-state index contributed by atoms with van der Waals surface area (Å²) in [6, 6.07) is 0. The lowest BCUT2D eigenvalue weighted by Gasteiger charge is -2.35. The van der Waals surface area contributed by atoms with Crippen LogP contribution in [0.15, 0.2) is 0 Å². The van der Waals surface area contributed by atoms with E-state index in [9.17, 15) is 35.9 Å². The Morgan fingerprint density at radius 2 is 1.29 bits per heavy atom. The van der Waals surface area contributed by atoms with Gasteiger partial charge in [-0.05, 0) is 6.92 Å². The molecule has 0 aromatic carbocycles. The van der Waals surface area contributed by atoms with Crippen molar-refractivity contribution in [1.82, 2.24) is 0 Å². The fourth-order valence-electron chi connectivity index (χ4n) is 1.11. The Morgan fingerprint density at radius 3 is 1.47 bits per heavy atom. The van der Waals surface area contributed by atoms with E-state index in [-0.39, 0.29) is 0 Å². The number of carbonyl (C=O) groups excluding carboxylic acids is 2. The minimum atomic E-state index is -5.93. The number of carbonyl (C=O) groups is 2. The Morgan fingerprint density at radius 1 is 0.941 bits per heavy atom. The summed E-state index contributed by atoms with van der Waals surface area (Å²) < 4.78 is 78.0. The standard InChI is InChI=1S/C8H8F6O3/c1-4(15)3-6(7(9,10)11,8(12,13)14)17-5(2)16/h3H2,1-2H3. The lowest BCUT2D eigenvalue weighted by Crippen LogP contribution is -2.60. The van der Waals surface area contributed by atoms with Gasteiger partial charge in [-0.2, -0.15) is 26.3 Å². The Bertz CT molecular complexity index is 284. The molecule has 0 saturated heterocycles. The molecule has 0 bridgehead atoms. The number of alkyl halides is 6. The van der Waals surface area contributed by atoms with Crippen molar-refractivity contribution in [3.8, 4) is 0 Å². The summed E-state index contributed by atoms with van der Waals surface area (Å²) in [4.78, 5) is 20.9. The van der Waals surface area contributed by atoms with Crippen LogP contribution in [-0.4, -0.2) is 29.7 Å². The Labute approximate surface area is 91.7 Å². The van der Waals surface area contributed by atoms with Crippen molar-refractivity contribution in [2.45, 2.75) is 38.2 Å². The minimum absolute atomic E-state index is 0.395. The van der Waals surface area contributed by atoms with Gasteiger partial charge < -0.3 is 4.74 Å². The highest BCUT2D eigenvalue weighted by molar-refractivity contribution is 5.78. The summed E-state index contributed by atoms with van der Waals surface area (Å²) in [5.41, 5.74) is -4.78. The van der Waals surface area contributed by atoms with Crippen molar-refractivity contribution in [2.24, 2.45) is 0 Å². The fraction of sp³-hybridized carbons (Fsp3) is 0.750. The van der Waals surface area contributed by atoms with Crippen molar-refractivity contribution < 1.29 is 40.7 Å². The van der Waals surface area contributed by atoms with Crippen LogP contribution in [0.2, 0.25) is 0 Å². The zero-order valence-corrected chi connectivity index (χ0v) is 8.70. The Balaban J connectivity index is 5.71. The van der Waals surface area contributed by atoms with E-state index in [1.54, 1.807) is 0 Å². The van der Waals surface area contributed by atoms with Crippen LogP contribution in [0.1, 0.15) is 20.3 Å². The van der Waals surface area contributed by atoms with Gasteiger partial charge in [0.25, 0.3) is 0 Å². The molecule has 100 valence electrons. The van der Waals surface area contributed by atoms with Gasteiger partial charge in [0.05, 0.1) is 6.42 Å². The summed E-state index contributed by atoms with van der Waals surface area (Å²) >= 11 is 0. The summed E-state index contributed by atoms with van der Waals surface area (Å²) in [7, 11) is 0. The highest BCUT2D eigenvalue weighted by Gasteiger charge is 2.74. The van der Waals surface area contributed by atoms with Crippen LogP contribution in [0.3, 0.4) is 0 Å². The van der Waals surface area contributed by atoms with E-state index in [0.717, 1.165) is 0 Å². The van der Waals surface area contributed by atoms with Crippen LogP contribution >= 0.6 is 0 Å². The fourth-order valence-corrected chi connectivity index (χ4v) is 1.11. The summed E-state index contributed by atoms with van der Waals surface area (Å²) in [6.07, 6.45) is -13.9. The minimum Gasteiger partial charge on any atom is -0.439 e. The first-order valence-electron chi connectivity index (χ1n) is 4.16. The molecule has 0 rings (SSSR count). The molecule has 0 spiro atoms.